The Labute approximate surface area is 153 Å². The molecule has 0 N–H and O–H groups in total. The highest BCUT2D eigenvalue weighted by Crippen LogP contribution is 2.46. The summed E-state index contributed by atoms with van der Waals surface area (Å²) in [5, 5.41) is 2.75. The van der Waals surface area contributed by atoms with Crippen LogP contribution in [0.5, 0.6) is 5.75 Å². The second kappa shape index (κ2) is 6.20. The van der Waals surface area contributed by atoms with E-state index in [1.807, 2.05) is 30.3 Å². The summed E-state index contributed by atoms with van der Waals surface area (Å²) in [6, 6.07) is 29.8. The van der Waals surface area contributed by atoms with E-state index in [4.69, 9.17) is 4.74 Å². The van der Waals surface area contributed by atoms with Crippen molar-refractivity contribution in [3.05, 3.63) is 96.6 Å². The lowest BCUT2D eigenvalue weighted by Gasteiger charge is -2.10. The van der Waals surface area contributed by atoms with Crippen molar-refractivity contribution in [1.82, 2.24) is 0 Å². The molecular formula is C25H18O. The molecular weight excluding hydrogens is 316 g/mol. The molecule has 2 aliphatic rings. The van der Waals surface area contributed by atoms with Crippen molar-refractivity contribution < 1.29 is 4.74 Å². The lowest BCUT2D eigenvalue weighted by molar-refractivity contribution is 0.358. The number of para-hydroxylation sites is 1. The topological polar surface area (TPSA) is 9.23 Å². The highest BCUT2D eigenvalue weighted by molar-refractivity contribution is 6.15. The lowest BCUT2D eigenvalue weighted by Crippen LogP contribution is -1.98. The van der Waals surface area contributed by atoms with Gasteiger partial charge < -0.3 is 4.74 Å². The summed E-state index contributed by atoms with van der Waals surface area (Å²) in [5.74, 6) is 0.991. The first kappa shape index (κ1) is 15.0. The van der Waals surface area contributed by atoms with E-state index in [0.29, 0.717) is 6.61 Å². The van der Waals surface area contributed by atoms with Crippen LogP contribution in [0, 0.1) is 0 Å². The Morgan fingerprint density at radius 1 is 0.577 bits per heavy atom. The van der Waals surface area contributed by atoms with Crippen LogP contribution in [0.25, 0.3) is 39.1 Å². The number of benzene rings is 4. The molecule has 1 aliphatic heterocycles. The fourth-order valence-electron chi connectivity index (χ4n) is 3.81. The largest absolute Gasteiger partial charge is 0.489 e. The van der Waals surface area contributed by atoms with Crippen LogP contribution in [0.4, 0.5) is 0 Å². The van der Waals surface area contributed by atoms with E-state index >= 15 is 0 Å². The molecule has 1 nitrogen and oxygen atoms in total. The summed E-state index contributed by atoms with van der Waals surface area (Å²) in [6.07, 6.45) is 4.10. The van der Waals surface area contributed by atoms with Crippen LogP contribution in [0.3, 0.4) is 0 Å². The van der Waals surface area contributed by atoms with Gasteiger partial charge in [0.25, 0.3) is 0 Å². The number of ether oxygens (including phenoxy) is 1. The van der Waals surface area contributed by atoms with Crippen LogP contribution in [0.2, 0.25) is 0 Å². The van der Waals surface area contributed by atoms with Gasteiger partial charge in [-0.3, -0.25) is 0 Å². The second-order valence-corrected chi connectivity index (χ2v) is 6.51. The molecule has 6 rings (SSSR count). The van der Waals surface area contributed by atoms with Crippen LogP contribution < -0.4 is 4.74 Å². The number of hydrogen-bond acceptors (Lipinski definition) is 1. The molecule has 0 spiro atoms. The summed E-state index contributed by atoms with van der Waals surface area (Å²) in [7, 11) is 0. The minimum Gasteiger partial charge on any atom is -0.489 e. The van der Waals surface area contributed by atoms with E-state index in [2.05, 4.69) is 66.7 Å². The maximum absolute atomic E-state index is 5.34. The standard InChI is InChI=1S/C16H10.C9H8O/c1-2-8-13-12(7-1)14-9-3-5-11-6-4-10-15(13)16(11)14;1-2-6-9-8(4-1)5-3-7-10-9/h1-10H;1-6H,7H2. The molecule has 1 heteroatoms. The molecule has 0 bridgehead atoms. The molecule has 0 radical (unpaired) electrons. The summed E-state index contributed by atoms with van der Waals surface area (Å²) < 4.78 is 5.34. The summed E-state index contributed by atoms with van der Waals surface area (Å²) in [6.45, 7) is 0.705. The van der Waals surface area contributed by atoms with E-state index in [1.165, 1.54) is 38.6 Å². The Morgan fingerprint density at radius 2 is 1.19 bits per heavy atom. The van der Waals surface area contributed by atoms with Gasteiger partial charge in [-0.2, -0.15) is 0 Å². The predicted octanol–water partition coefficient (Wildman–Crippen LogP) is 6.58. The Kier molecular flexibility index (Phi) is 3.57. The fraction of sp³-hybridized carbons (Fsp3) is 0.0400. The smallest absolute Gasteiger partial charge is 0.126 e. The third-order valence-corrected chi connectivity index (χ3v) is 4.96. The van der Waals surface area contributed by atoms with Crippen LogP contribution in [-0.4, -0.2) is 6.61 Å². The number of fused-ring (bicyclic) bond motifs is 4. The van der Waals surface area contributed by atoms with Gasteiger partial charge in [0, 0.05) is 5.56 Å². The summed E-state index contributed by atoms with van der Waals surface area (Å²) >= 11 is 0. The average molecular weight is 334 g/mol. The van der Waals surface area contributed by atoms with Crippen molar-refractivity contribution in [2.75, 3.05) is 6.61 Å². The quantitative estimate of drug-likeness (QED) is 0.311. The SMILES string of the molecule is C1=Cc2ccccc2OC1.c1ccc2c(c1)-c1cccc3cccc-2c13. The van der Waals surface area contributed by atoms with E-state index < -0.39 is 0 Å². The van der Waals surface area contributed by atoms with E-state index in [-0.39, 0.29) is 0 Å². The van der Waals surface area contributed by atoms with Crippen molar-refractivity contribution in [2.24, 2.45) is 0 Å². The van der Waals surface area contributed by atoms with Crippen molar-refractivity contribution in [3.8, 4) is 28.0 Å². The maximum atomic E-state index is 5.34. The Hall–Kier alpha value is -3.32. The molecule has 0 aromatic heterocycles. The minimum absolute atomic E-state index is 0.705. The Balaban J connectivity index is 0.000000129. The van der Waals surface area contributed by atoms with Crippen LogP contribution >= 0.6 is 0 Å². The monoisotopic (exact) mass is 334 g/mol. The second-order valence-electron chi connectivity index (χ2n) is 6.51. The maximum Gasteiger partial charge on any atom is 0.126 e. The van der Waals surface area contributed by atoms with E-state index in [0.717, 1.165) is 5.75 Å². The van der Waals surface area contributed by atoms with Gasteiger partial charge in [0.15, 0.2) is 0 Å². The Morgan fingerprint density at radius 3 is 1.88 bits per heavy atom. The number of hydrogen-bond donors (Lipinski definition) is 0. The normalized spacial score (nSPS) is 12.6. The molecule has 0 fully saturated rings. The zero-order valence-corrected chi connectivity index (χ0v) is 14.4. The third-order valence-electron chi connectivity index (χ3n) is 4.96. The summed E-state index contributed by atoms with van der Waals surface area (Å²) in [4.78, 5) is 0. The van der Waals surface area contributed by atoms with Crippen molar-refractivity contribution >= 4 is 16.8 Å². The van der Waals surface area contributed by atoms with Gasteiger partial charge in [-0.15, -0.1) is 0 Å². The molecule has 0 unspecified atom stereocenters. The molecule has 4 aromatic carbocycles. The van der Waals surface area contributed by atoms with Crippen LogP contribution in [0.15, 0.2) is 91.0 Å². The van der Waals surface area contributed by atoms with Gasteiger partial charge in [-0.1, -0.05) is 84.9 Å². The van der Waals surface area contributed by atoms with E-state index in [9.17, 15) is 0 Å². The molecule has 0 saturated carbocycles. The molecule has 1 aliphatic carbocycles. The van der Waals surface area contributed by atoms with E-state index in [1.54, 1.807) is 0 Å². The zero-order valence-electron chi connectivity index (χ0n) is 14.4. The first-order chi connectivity index (χ1) is 12.9. The first-order valence-corrected chi connectivity index (χ1v) is 8.92. The van der Waals surface area contributed by atoms with Gasteiger partial charge in [0.1, 0.15) is 12.4 Å². The van der Waals surface area contributed by atoms with Crippen molar-refractivity contribution in [2.45, 2.75) is 0 Å². The fourth-order valence-corrected chi connectivity index (χ4v) is 3.81. The predicted molar refractivity (Wildman–Crippen MR) is 109 cm³/mol. The van der Waals surface area contributed by atoms with Gasteiger partial charge in [-0.05, 0) is 45.2 Å². The average Bonchev–Trinajstić information content (AvgIpc) is 3.05. The molecule has 1 heterocycles. The minimum atomic E-state index is 0.705. The van der Waals surface area contributed by atoms with Crippen molar-refractivity contribution in [1.29, 1.82) is 0 Å². The zero-order chi connectivity index (χ0) is 17.3. The third kappa shape index (κ3) is 2.41. The summed E-state index contributed by atoms with van der Waals surface area (Å²) in [5.41, 5.74) is 6.67. The van der Waals surface area contributed by atoms with Crippen molar-refractivity contribution in [3.63, 3.8) is 0 Å². The first-order valence-electron chi connectivity index (χ1n) is 8.92. The highest BCUT2D eigenvalue weighted by atomic mass is 16.5. The van der Waals surface area contributed by atoms with Crippen LogP contribution in [0.1, 0.15) is 5.56 Å². The molecule has 0 atom stereocenters. The van der Waals surface area contributed by atoms with Gasteiger partial charge in [0.2, 0.25) is 0 Å². The number of rotatable bonds is 0. The Bertz CT molecular complexity index is 1080. The molecule has 4 aromatic rings. The molecule has 124 valence electrons. The highest BCUT2D eigenvalue weighted by Gasteiger charge is 2.19. The molecule has 0 saturated heterocycles. The van der Waals surface area contributed by atoms with Gasteiger partial charge >= 0.3 is 0 Å². The van der Waals surface area contributed by atoms with Crippen LogP contribution in [-0.2, 0) is 0 Å². The molecule has 26 heavy (non-hydrogen) atoms. The van der Waals surface area contributed by atoms with Gasteiger partial charge in [0.05, 0.1) is 0 Å². The molecule has 0 amide bonds. The van der Waals surface area contributed by atoms with Gasteiger partial charge in [-0.25, -0.2) is 0 Å². The lowest BCUT2D eigenvalue weighted by atomic mass is 10.0.